The molecule has 0 fully saturated rings. The molecule has 1 rings (SSSR count). The van der Waals surface area contributed by atoms with Crippen LogP contribution < -0.4 is 5.73 Å². The minimum atomic E-state index is -0.292. The zero-order valence-electron chi connectivity index (χ0n) is 14.2. The number of hydrogen-bond acceptors (Lipinski definition) is 4. The standard InChI is InChI=1S/C18H28N2O3/c1-4-5-6-7-10-14(2)18(22)20-15(11-8-9-12-19)16(23-3)13-17(20)21/h1,13-15H,5-12,19H2,2-3H3/t14-,15-/m0/s1. The summed E-state index contributed by atoms with van der Waals surface area (Å²) in [4.78, 5) is 26.2. The van der Waals surface area contributed by atoms with Gasteiger partial charge in [0.05, 0.1) is 13.2 Å². The highest BCUT2D eigenvalue weighted by Gasteiger charge is 2.39. The molecule has 1 aliphatic heterocycles. The van der Waals surface area contributed by atoms with E-state index in [0.29, 0.717) is 18.7 Å². The largest absolute Gasteiger partial charge is 0.499 e. The molecule has 1 heterocycles. The first kappa shape index (κ1) is 19.2. The normalized spacial score (nSPS) is 18.5. The summed E-state index contributed by atoms with van der Waals surface area (Å²) in [6.45, 7) is 2.47. The number of unbranched alkanes of at least 4 members (excludes halogenated alkanes) is 3. The Bertz CT molecular complexity index is 479. The van der Waals surface area contributed by atoms with Crippen molar-refractivity contribution in [2.75, 3.05) is 13.7 Å². The number of nitrogens with zero attached hydrogens (tertiary/aromatic N) is 1. The zero-order chi connectivity index (χ0) is 17.2. The molecule has 0 aromatic heterocycles. The molecule has 5 heteroatoms. The average molecular weight is 320 g/mol. The van der Waals surface area contributed by atoms with Gasteiger partial charge < -0.3 is 10.5 Å². The number of carbonyl (C=O) groups excluding carboxylic acids is 2. The van der Waals surface area contributed by atoms with E-state index >= 15 is 0 Å². The van der Waals surface area contributed by atoms with E-state index in [2.05, 4.69) is 5.92 Å². The molecule has 1 aliphatic rings. The highest BCUT2D eigenvalue weighted by Crippen LogP contribution is 2.27. The summed E-state index contributed by atoms with van der Waals surface area (Å²) in [5.41, 5.74) is 5.52. The minimum absolute atomic E-state index is 0.128. The second-order valence-electron chi connectivity index (χ2n) is 5.95. The van der Waals surface area contributed by atoms with E-state index < -0.39 is 0 Å². The number of hydrogen-bond donors (Lipinski definition) is 1. The van der Waals surface area contributed by atoms with E-state index in [1.807, 2.05) is 6.92 Å². The number of imide groups is 1. The number of rotatable bonds is 10. The molecule has 0 radical (unpaired) electrons. The van der Waals surface area contributed by atoms with Crippen molar-refractivity contribution in [2.45, 2.75) is 57.9 Å². The number of amides is 2. The second kappa shape index (κ2) is 10.1. The smallest absolute Gasteiger partial charge is 0.257 e. The van der Waals surface area contributed by atoms with Crippen LogP contribution in [-0.2, 0) is 14.3 Å². The maximum Gasteiger partial charge on any atom is 0.257 e. The number of ether oxygens (including phenoxy) is 1. The monoisotopic (exact) mass is 320 g/mol. The SMILES string of the molecule is C#CCCCC[C@H](C)C(=O)N1C(=O)C=C(OC)[C@@H]1CCCCN. The summed E-state index contributed by atoms with van der Waals surface area (Å²) in [7, 11) is 1.53. The third kappa shape index (κ3) is 5.40. The third-order valence-electron chi connectivity index (χ3n) is 4.18. The predicted octanol–water partition coefficient (Wildman–Crippen LogP) is 2.21. The van der Waals surface area contributed by atoms with E-state index in [-0.39, 0.29) is 23.8 Å². The quantitative estimate of drug-likeness (QED) is 0.495. The fraction of sp³-hybridized carbons (Fsp3) is 0.667. The lowest BCUT2D eigenvalue weighted by Gasteiger charge is -2.27. The van der Waals surface area contributed by atoms with Crippen LogP contribution in [0, 0.1) is 18.3 Å². The van der Waals surface area contributed by atoms with Crippen molar-refractivity contribution in [3.8, 4) is 12.3 Å². The van der Waals surface area contributed by atoms with Crippen molar-refractivity contribution in [3.63, 3.8) is 0 Å². The van der Waals surface area contributed by atoms with Gasteiger partial charge >= 0.3 is 0 Å². The molecule has 0 bridgehead atoms. The van der Waals surface area contributed by atoms with Crippen LogP contribution in [0.1, 0.15) is 51.9 Å². The van der Waals surface area contributed by atoms with E-state index in [0.717, 1.165) is 38.5 Å². The molecular weight excluding hydrogens is 292 g/mol. The first-order valence-electron chi connectivity index (χ1n) is 8.33. The summed E-state index contributed by atoms with van der Waals surface area (Å²) in [5.74, 6) is 2.57. The Morgan fingerprint density at radius 3 is 2.78 bits per heavy atom. The molecule has 23 heavy (non-hydrogen) atoms. The molecule has 0 aliphatic carbocycles. The number of terminal acetylenes is 1. The number of carbonyl (C=O) groups is 2. The lowest BCUT2D eigenvalue weighted by atomic mass is 10.00. The Morgan fingerprint density at radius 1 is 1.43 bits per heavy atom. The fourth-order valence-electron chi connectivity index (χ4n) is 2.82. The Labute approximate surface area is 139 Å². The summed E-state index contributed by atoms with van der Waals surface area (Å²) in [6, 6.07) is -0.292. The first-order chi connectivity index (χ1) is 11.1. The van der Waals surface area contributed by atoms with Crippen molar-refractivity contribution < 1.29 is 14.3 Å². The van der Waals surface area contributed by atoms with Crippen LogP contribution in [0.4, 0.5) is 0 Å². The van der Waals surface area contributed by atoms with Crippen molar-refractivity contribution in [1.29, 1.82) is 0 Å². The molecule has 0 saturated heterocycles. The number of nitrogens with two attached hydrogens (primary N) is 1. The van der Waals surface area contributed by atoms with E-state index in [1.165, 1.54) is 18.1 Å². The maximum atomic E-state index is 12.7. The molecule has 0 saturated carbocycles. The lowest BCUT2D eigenvalue weighted by Crippen LogP contribution is -2.43. The lowest BCUT2D eigenvalue weighted by molar-refractivity contribution is -0.146. The van der Waals surface area contributed by atoms with Gasteiger partial charge in [-0.25, -0.2) is 0 Å². The molecule has 0 aromatic rings. The topological polar surface area (TPSA) is 72.6 Å². The van der Waals surface area contributed by atoms with E-state index in [4.69, 9.17) is 16.9 Å². The van der Waals surface area contributed by atoms with Gasteiger partial charge in [0.25, 0.3) is 5.91 Å². The summed E-state index contributed by atoms with van der Waals surface area (Å²) in [6.07, 6.45) is 12.3. The highest BCUT2D eigenvalue weighted by atomic mass is 16.5. The van der Waals surface area contributed by atoms with Crippen LogP contribution in [0.3, 0.4) is 0 Å². The second-order valence-corrected chi connectivity index (χ2v) is 5.95. The van der Waals surface area contributed by atoms with Gasteiger partial charge in [-0.15, -0.1) is 12.3 Å². The van der Waals surface area contributed by atoms with Crippen LogP contribution >= 0.6 is 0 Å². The Morgan fingerprint density at radius 2 is 2.17 bits per heavy atom. The molecule has 2 N–H and O–H groups in total. The van der Waals surface area contributed by atoms with E-state index in [9.17, 15) is 9.59 Å². The van der Waals surface area contributed by atoms with Crippen LogP contribution in [-0.4, -0.2) is 36.4 Å². The molecule has 0 spiro atoms. The molecule has 0 aromatic carbocycles. The van der Waals surface area contributed by atoms with Gasteiger partial charge in [0.1, 0.15) is 5.76 Å². The average Bonchev–Trinajstić information content (AvgIpc) is 2.86. The van der Waals surface area contributed by atoms with Gasteiger partial charge in [-0.3, -0.25) is 14.5 Å². The van der Waals surface area contributed by atoms with Crippen LogP contribution in [0.5, 0.6) is 0 Å². The molecule has 2 amide bonds. The molecule has 128 valence electrons. The molecule has 2 atom stereocenters. The third-order valence-corrected chi connectivity index (χ3v) is 4.18. The summed E-state index contributed by atoms with van der Waals surface area (Å²) >= 11 is 0. The van der Waals surface area contributed by atoms with Crippen molar-refractivity contribution >= 4 is 11.8 Å². The van der Waals surface area contributed by atoms with Gasteiger partial charge in [-0.2, -0.15) is 0 Å². The van der Waals surface area contributed by atoms with Crippen molar-refractivity contribution in [2.24, 2.45) is 11.7 Å². The van der Waals surface area contributed by atoms with Gasteiger partial charge in [0.2, 0.25) is 5.91 Å². The molecule has 0 unspecified atom stereocenters. The summed E-state index contributed by atoms with van der Waals surface area (Å²) < 4.78 is 5.29. The van der Waals surface area contributed by atoms with Crippen LogP contribution in [0.25, 0.3) is 0 Å². The zero-order valence-corrected chi connectivity index (χ0v) is 14.2. The number of methoxy groups -OCH3 is 1. The fourth-order valence-corrected chi connectivity index (χ4v) is 2.82. The first-order valence-corrected chi connectivity index (χ1v) is 8.33. The van der Waals surface area contributed by atoms with Gasteiger partial charge in [-0.1, -0.05) is 13.3 Å². The molecule has 5 nitrogen and oxygen atoms in total. The summed E-state index contributed by atoms with van der Waals surface area (Å²) in [5, 5.41) is 0. The Hall–Kier alpha value is -1.80. The highest BCUT2D eigenvalue weighted by molar-refractivity contribution is 6.04. The van der Waals surface area contributed by atoms with Gasteiger partial charge in [0.15, 0.2) is 0 Å². The Kier molecular flexibility index (Phi) is 8.42. The van der Waals surface area contributed by atoms with Crippen molar-refractivity contribution in [3.05, 3.63) is 11.8 Å². The minimum Gasteiger partial charge on any atom is -0.499 e. The van der Waals surface area contributed by atoms with Gasteiger partial charge in [-0.05, 0) is 38.6 Å². The van der Waals surface area contributed by atoms with E-state index in [1.54, 1.807) is 0 Å². The predicted molar refractivity (Wildman–Crippen MR) is 90.1 cm³/mol. The van der Waals surface area contributed by atoms with Crippen LogP contribution in [0.2, 0.25) is 0 Å². The Balaban J connectivity index is 2.67. The molecular formula is C18H28N2O3. The van der Waals surface area contributed by atoms with Crippen molar-refractivity contribution in [1.82, 2.24) is 4.90 Å². The van der Waals surface area contributed by atoms with Gasteiger partial charge in [0, 0.05) is 18.4 Å². The maximum absolute atomic E-state index is 12.7. The van der Waals surface area contributed by atoms with Crippen LogP contribution in [0.15, 0.2) is 11.8 Å².